The lowest BCUT2D eigenvalue weighted by Crippen LogP contribution is -2.36. The fraction of sp³-hybridized carbons (Fsp3) is 0.824. The maximum Gasteiger partial charge on any atom is 0.125 e. The molecule has 1 aromatic heterocycles. The molecule has 1 fully saturated rings. The molecule has 4 heteroatoms. The van der Waals surface area contributed by atoms with Crippen LogP contribution in [0.2, 0.25) is 0 Å². The summed E-state index contributed by atoms with van der Waals surface area (Å²) in [4.78, 5) is 6.03. The Kier molecular flexibility index (Phi) is 5.44. The summed E-state index contributed by atoms with van der Waals surface area (Å²) in [6.07, 6.45) is 7.78. The predicted molar refractivity (Wildman–Crippen MR) is 89.8 cm³/mol. The lowest BCUT2D eigenvalue weighted by atomic mass is 9.71. The van der Waals surface area contributed by atoms with Crippen molar-refractivity contribution in [1.82, 2.24) is 10.3 Å². The van der Waals surface area contributed by atoms with Gasteiger partial charge in [0, 0.05) is 24.2 Å². The van der Waals surface area contributed by atoms with Crippen molar-refractivity contribution in [2.24, 2.45) is 5.41 Å². The molecule has 1 N–H and O–H groups in total. The van der Waals surface area contributed by atoms with Crippen LogP contribution in [0, 0.1) is 5.41 Å². The molecule has 0 aliphatic heterocycles. The van der Waals surface area contributed by atoms with Crippen LogP contribution in [-0.4, -0.2) is 18.6 Å². The Bertz CT molecular complexity index is 445. The minimum Gasteiger partial charge on any atom is -0.371 e. The first-order chi connectivity index (χ1) is 9.92. The van der Waals surface area contributed by atoms with Crippen LogP contribution in [0.25, 0.3) is 0 Å². The van der Waals surface area contributed by atoms with E-state index in [2.05, 4.69) is 33.0 Å². The Morgan fingerprint density at radius 3 is 2.57 bits per heavy atom. The van der Waals surface area contributed by atoms with Gasteiger partial charge in [0.15, 0.2) is 0 Å². The van der Waals surface area contributed by atoms with Gasteiger partial charge in [0.2, 0.25) is 0 Å². The van der Waals surface area contributed by atoms with Gasteiger partial charge in [-0.2, -0.15) is 0 Å². The lowest BCUT2D eigenvalue weighted by molar-refractivity contribution is -0.0667. The van der Waals surface area contributed by atoms with Crippen LogP contribution in [-0.2, 0) is 10.3 Å². The number of thiazole rings is 1. The zero-order valence-electron chi connectivity index (χ0n) is 14.2. The molecule has 2 rings (SSSR count). The zero-order valence-corrected chi connectivity index (χ0v) is 15.0. The number of aromatic nitrogens is 1. The third kappa shape index (κ3) is 3.85. The van der Waals surface area contributed by atoms with Crippen LogP contribution < -0.4 is 5.32 Å². The highest BCUT2D eigenvalue weighted by atomic mass is 32.1. The van der Waals surface area contributed by atoms with Crippen molar-refractivity contribution in [3.8, 4) is 0 Å². The van der Waals surface area contributed by atoms with Gasteiger partial charge in [-0.05, 0) is 51.0 Å². The molecule has 1 heterocycles. The van der Waals surface area contributed by atoms with Gasteiger partial charge in [0.1, 0.15) is 10.6 Å². The summed E-state index contributed by atoms with van der Waals surface area (Å²) in [5.41, 5.74) is 0.293. The summed E-state index contributed by atoms with van der Waals surface area (Å²) in [5, 5.41) is 4.71. The molecule has 1 aliphatic rings. The number of nitrogens with zero attached hydrogens (tertiary/aromatic N) is 1. The summed E-state index contributed by atoms with van der Waals surface area (Å²) in [5.74, 6) is 0. The van der Waals surface area contributed by atoms with Gasteiger partial charge in [-0.25, -0.2) is 4.98 Å². The van der Waals surface area contributed by atoms with E-state index in [-0.39, 0.29) is 5.60 Å². The third-order valence-corrected chi connectivity index (χ3v) is 6.21. The van der Waals surface area contributed by atoms with Gasteiger partial charge >= 0.3 is 0 Å². The molecule has 1 aliphatic carbocycles. The quantitative estimate of drug-likeness (QED) is 0.830. The third-order valence-electron chi connectivity index (χ3n) is 4.84. The van der Waals surface area contributed by atoms with E-state index in [0.717, 1.165) is 25.8 Å². The SMILES string of the molecule is CCCNC(C)c1cnc(C2(OC)CCC(C)(C)CC2)s1. The smallest absolute Gasteiger partial charge is 0.125 e. The summed E-state index contributed by atoms with van der Waals surface area (Å²) < 4.78 is 5.96. The molecule has 21 heavy (non-hydrogen) atoms. The number of rotatable bonds is 6. The normalized spacial score (nSPS) is 22.1. The van der Waals surface area contributed by atoms with Crippen molar-refractivity contribution in [2.75, 3.05) is 13.7 Å². The highest BCUT2D eigenvalue weighted by molar-refractivity contribution is 7.11. The number of nitrogens with one attached hydrogen (secondary N) is 1. The molecular weight excluding hydrogens is 280 g/mol. The average Bonchev–Trinajstić information content (AvgIpc) is 2.96. The van der Waals surface area contributed by atoms with Crippen LogP contribution in [0.3, 0.4) is 0 Å². The monoisotopic (exact) mass is 310 g/mol. The number of hydrogen-bond acceptors (Lipinski definition) is 4. The largest absolute Gasteiger partial charge is 0.371 e. The fourth-order valence-corrected chi connectivity index (χ4v) is 4.16. The molecule has 1 aromatic rings. The van der Waals surface area contributed by atoms with Gasteiger partial charge < -0.3 is 10.1 Å². The van der Waals surface area contributed by atoms with Crippen molar-refractivity contribution < 1.29 is 4.74 Å². The van der Waals surface area contributed by atoms with E-state index in [1.165, 1.54) is 22.7 Å². The topological polar surface area (TPSA) is 34.2 Å². The van der Waals surface area contributed by atoms with Crippen molar-refractivity contribution in [3.63, 3.8) is 0 Å². The molecule has 3 nitrogen and oxygen atoms in total. The first-order valence-electron chi connectivity index (χ1n) is 8.17. The molecule has 120 valence electrons. The molecule has 0 aromatic carbocycles. The molecule has 0 amide bonds. The van der Waals surface area contributed by atoms with E-state index in [0.29, 0.717) is 11.5 Å². The summed E-state index contributed by atoms with van der Waals surface area (Å²) in [6.45, 7) is 10.2. The Labute approximate surface area is 133 Å². The van der Waals surface area contributed by atoms with Gasteiger partial charge in [0.05, 0.1) is 0 Å². The molecule has 1 atom stereocenters. The predicted octanol–water partition coefficient (Wildman–Crippen LogP) is 4.65. The van der Waals surface area contributed by atoms with E-state index in [1.54, 1.807) is 0 Å². The van der Waals surface area contributed by atoms with Crippen molar-refractivity contribution in [2.45, 2.75) is 71.4 Å². The average molecular weight is 311 g/mol. The van der Waals surface area contributed by atoms with Crippen LogP contribution >= 0.6 is 11.3 Å². The first-order valence-corrected chi connectivity index (χ1v) is 8.99. The minimum atomic E-state index is -0.150. The number of methoxy groups -OCH3 is 1. The summed E-state index contributed by atoms with van der Waals surface area (Å²) in [6, 6.07) is 0.380. The molecule has 0 spiro atoms. The second kappa shape index (κ2) is 6.76. The Balaban J connectivity index is 2.11. The van der Waals surface area contributed by atoms with Crippen LogP contribution in [0.5, 0.6) is 0 Å². The van der Waals surface area contributed by atoms with E-state index in [1.807, 2.05) is 24.6 Å². The molecule has 1 unspecified atom stereocenters. The van der Waals surface area contributed by atoms with Crippen LogP contribution in [0.1, 0.15) is 75.7 Å². The summed E-state index contributed by atoms with van der Waals surface area (Å²) >= 11 is 1.82. The van der Waals surface area contributed by atoms with Crippen molar-refractivity contribution in [1.29, 1.82) is 0 Å². The van der Waals surface area contributed by atoms with Gasteiger partial charge in [-0.15, -0.1) is 11.3 Å². The molecular formula is C17H30N2OS. The second-order valence-electron chi connectivity index (χ2n) is 7.11. The summed E-state index contributed by atoms with van der Waals surface area (Å²) in [7, 11) is 1.85. The van der Waals surface area contributed by atoms with Crippen molar-refractivity contribution in [3.05, 3.63) is 16.1 Å². The van der Waals surface area contributed by atoms with Gasteiger partial charge in [-0.3, -0.25) is 0 Å². The molecule has 0 bridgehead atoms. The van der Waals surface area contributed by atoms with E-state index >= 15 is 0 Å². The lowest BCUT2D eigenvalue weighted by Gasteiger charge is -2.41. The van der Waals surface area contributed by atoms with Crippen molar-refractivity contribution >= 4 is 11.3 Å². The Morgan fingerprint density at radius 2 is 2.00 bits per heavy atom. The first kappa shape index (κ1) is 16.9. The fourth-order valence-electron chi connectivity index (χ4n) is 2.99. The second-order valence-corrected chi connectivity index (χ2v) is 8.17. The van der Waals surface area contributed by atoms with E-state index < -0.39 is 0 Å². The van der Waals surface area contributed by atoms with Gasteiger partial charge in [0.25, 0.3) is 0 Å². The van der Waals surface area contributed by atoms with Gasteiger partial charge in [-0.1, -0.05) is 20.8 Å². The molecule has 0 radical (unpaired) electrons. The minimum absolute atomic E-state index is 0.150. The Morgan fingerprint density at radius 1 is 1.33 bits per heavy atom. The van der Waals surface area contributed by atoms with E-state index in [4.69, 9.17) is 9.72 Å². The Hall–Kier alpha value is -0.450. The molecule has 0 saturated heterocycles. The number of ether oxygens (including phenoxy) is 1. The zero-order chi connectivity index (χ0) is 15.5. The standard InChI is InChI=1S/C17H30N2OS/c1-6-11-18-13(2)14-12-19-15(21-14)17(20-5)9-7-16(3,4)8-10-17/h12-13,18H,6-11H2,1-5H3. The maximum absolute atomic E-state index is 5.96. The van der Waals surface area contributed by atoms with Crippen LogP contribution in [0.15, 0.2) is 6.20 Å². The maximum atomic E-state index is 5.96. The highest BCUT2D eigenvalue weighted by Crippen LogP contribution is 2.48. The molecule has 1 saturated carbocycles. The van der Waals surface area contributed by atoms with E-state index in [9.17, 15) is 0 Å². The highest BCUT2D eigenvalue weighted by Gasteiger charge is 2.42. The number of hydrogen-bond donors (Lipinski definition) is 1. The van der Waals surface area contributed by atoms with Crippen LogP contribution in [0.4, 0.5) is 0 Å².